The van der Waals surface area contributed by atoms with Crippen LogP contribution in [0.2, 0.25) is 0 Å². The summed E-state index contributed by atoms with van der Waals surface area (Å²) in [6, 6.07) is 1.95. The van der Waals surface area contributed by atoms with Crippen molar-refractivity contribution in [2.75, 3.05) is 5.32 Å². The summed E-state index contributed by atoms with van der Waals surface area (Å²) in [6.07, 6.45) is 2.78. The first-order valence-electron chi connectivity index (χ1n) is 5.21. The molecule has 0 saturated carbocycles. The predicted molar refractivity (Wildman–Crippen MR) is 69.0 cm³/mol. The Morgan fingerprint density at radius 3 is 2.79 bits per heavy atom. The number of aromatic nitrogens is 4. The smallest absolute Gasteiger partial charge is 0.162 e. The Hall–Kier alpha value is -2.09. The van der Waals surface area contributed by atoms with Crippen molar-refractivity contribution in [1.29, 1.82) is 0 Å². The van der Waals surface area contributed by atoms with Crippen molar-refractivity contribution in [3.8, 4) is 0 Å². The van der Waals surface area contributed by atoms with Crippen LogP contribution in [0.5, 0.6) is 0 Å². The summed E-state index contributed by atoms with van der Waals surface area (Å²) >= 11 is 3.10. The lowest BCUT2D eigenvalue weighted by Gasteiger charge is -2.09. The number of hydrogen-bond donors (Lipinski definition) is 2. The Morgan fingerprint density at radius 1 is 1.16 bits per heavy atom. The highest BCUT2D eigenvalue weighted by Gasteiger charge is 2.13. The van der Waals surface area contributed by atoms with Gasteiger partial charge in [-0.25, -0.2) is 23.7 Å². The second kappa shape index (κ2) is 4.54. The maximum Gasteiger partial charge on any atom is 0.162 e. The standard InChI is InChI=1S/C11H6BrF2N5/c12-6-1-5(13)2-7(14)8(6)19-11-9-10(16-3-15-9)17-4-18-11/h1-4H,(H2,15,16,17,18,19). The van der Waals surface area contributed by atoms with Gasteiger partial charge in [-0.2, -0.15) is 0 Å². The molecule has 0 aliphatic carbocycles. The van der Waals surface area contributed by atoms with Gasteiger partial charge in [-0.1, -0.05) is 0 Å². The van der Waals surface area contributed by atoms with Crippen molar-refractivity contribution < 1.29 is 8.78 Å². The third-order valence-corrected chi connectivity index (χ3v) is 3.09. The number of nitrogens with one attached hydrogen (secondary N) is 2. The van der Waals surface area contributed by atoms with E-state index in [0.29, 0.717) is 17.0 Å². The van der Waals surface area contributed by atoms with E-state index in [1.807, 2.05) is 0 Å². The summed E-state index contributed by atoms with van der Waals surface area (Å²) in [4.78, 5) is 14.8. The maximum atomic E-state index is 13.7. The number of halogens is 3. The van der Waals surface area contributed by atoms with E-state index in [9.17, 15) is 8.78 Å². The van der Waals surface area contributed by atoms with Crippen molar-refractivity contribution in [1.82, 2.24) is 19.9 Å². The molecule has 19 heavy (non-hydrogen) atoms. The topological polar surface area (TPSA) is 66.5 Å². The van der Waals surface area contributed by atoms with Gasteiger partial charge < -0.3 is 10.3 Å². The quantitative estimate of drug-likeness (QED) is 0.759. The molecule has 3 rings (SSSR count). The molecule has 0 bridgehead atoms. The normalized spacial score (nSPS) is 10.9. The van der Waals surface area contributed by atoms with Crippen LogP contribution < -0.4 is 5.32 Å². The lowest BCUT2D eigenvalue weighted by molar-refractivity contribution is 0.584. The first kappa shape index (κ1) is 12.0. The first-order chi connectivity index (χ1) is 9.15. The lowest BCUT2D eigenvalue weighted by atomic mass is 10.3. The van der Waals surface area contributed by atoms with Crippen LogP contribution in [0.4, 0.5) is 20.3 Å². The molecule has 0 radical (unpaired) electrons. The molecule has 2 N–H and O–H groups in total. The molecule has 1 aromatic carbocycles. The van der Waals surface area contributed by atoms with Crippen LogP contribution in [0.1, 0.15) is 0 Å². The van der Waals surface area contributed by atoms with E-state index in [-0.39, 0.29) is 10.2 Å². The number of hydrogen-bond acceptors (Lipinski definition) is 4. The van der Waals surface area contributed by atoms with Gasteiger partial charge in [-0.15, -0.1) is 0 Å². The summed E-state index contributed by atoms with van der Waals surface area (Å²) in [5, 5.41) is 2.77. The summed E-state index contributed by atoms with van der Waals surface area (Å²) in [5.41, 5.74) is 1.08. The molecule has 8 heteroatoms. The highest BCUT2D eigenvalue weighted by molar-refractivity contribution is 9.10. The zero-order valence-corrected chi connectivity index (χ0v) is 10.9. The van der Waals surface area contributed by atoms with Crippen LogP contribution in [0, 0.1) is 11.6 Å². The van der Waals surface area contributed by atoms with Crippen molar-refractivity contribution in [2.24, 2.45) is 0 Å². The average molecular weight is 326 g/mol. The monoisotopic (exact) mass is 325 g/mol. The predicted octanol–water partition coefficient (Wildman–Crippen LogP) is 3.14. The van der Waals surface area contributed by atoms with Crippen molar-refractivity contribution >= 4 is 38.6 Å². The van der Waals surface area contributed by atoms with Crippen LogP contribution in [0.25, 0.3) is 11.2 Å². The molecule has 0 unspecified atom stereocenters. The number of fused-ring (bicyclic) bond motifs is 1. The van der Waals surface area contributed by atoms with Crippen LogP contribution in [-0.4, -0.2) is 19.9 Å². The zero-order chi connectivity index (χ0) is 13.4. The number of imidazole rings is 1. The molecule has 0 amide bonds. The molecule has 0 spiro atoms. The summed E-state index contributed by atoms with van der Waals surface area (Å²) < 4.78 is 27.0. The van der Waals surface area contributed by atoms with E-state index < -0.39 is 11.6 Å². The molecular weight excluding hydrogens is 320 g/mol. The van der Waals surface area contributed by atoms with E-state index in [0.717, 1.165) is 12.1 Å². The second-order valence-electron chi connectivity index (χ2n) is 3.69. The lowest BCUT2D eigenvalue weighted by Crippen LogP contribution is -1.99. The Morgan fingerprint density at radius 2 is 2.00 bits per heavy atom. The fourth-order valence-corrected chi connectivity index (χ4v) is 2.14. The fourth-order valence-electron chi connectivity index (χ4n) is 1.64. The van der Waals surface area contributed by atoms with Gasteiger partial charge in [0.25, 0.3) is 0 Å². The van der Waals surface area contributed by atoms with Crippen LogP contribution in [-0.2, 0) is 0 Å². The van der Waals surface area contributed by atoms with Gasteiger partial charge in [-0.05, 0) is 22.0 Å². The minimum absolute atomic E-state index is 0.0874. The van der Waals surface area contributed by atoms with Gasteiger partial charge in [0.2, 0.25) is 0 Å². The minimum atomic E-state index is -0.728. The Kier molecular flexibility index (Phi) is 2.86. The Labute approximate surface area is 114 Å². The van der Waals surface area contributed by atoms with Crippen LogP contribution >= 0.6 is 15.9 Å². The number of anilines is 2. The van der Waals surface area contributed by atoms with E-state index in [1.165, 1.54) is 12.7 Å². The van der Waals surface area contributed by atoms with E-state index in [4.69, 9.17) is 0 Å². The molecule has 0 aliphatic rings. The third-order valence-electron chi connectivity index (χ3n) is 2.47. The van der Waals surface area contributed by atoms with Crippen LogP contribution in [0.15, 0.2) is 29.3 Å². The molecule has 2 aromatic heterocycles. The van der Waals surface area contributed by atoms with Gasteiger partial charge >= 0.3 is 0 Å². The number of rotatable bonds is 2. The average Bonchev–Trinajstić information content (AvgIpc) is 2.82. The summed E-state index contributed by atoms with van der Waals surface area (Å²) in [6.45, 7) is 0. The molecule has 5 nitrogen and oxygen atoms in total. The number of nitrogens with zero attached hydrogens (tertiary/aromatic N) is 3. The Balaban J connectivity index is 2.09. The molecule has 96 valence electrons. The second-order valence-corrected chi connectivity index (χ2v) is 4.55. The number of benzene rings is 1. The molecule has 0 saturated heterocycles. The van der Waals surface area contributed by atoms with Gasteiger partial charge in [0, 0.05) is 10.5 Å². The molecule has 0 atom stereocenters. The highest BCUT2D eigenvalue weighted by atomic mass is 79.9. The molecule has 0 aliphatic heterocycles. The maximum absolute atomic E-state index is 13.7. The minimum Gasteiger partial charge on any atom is -0.335 e. The first-order valence-corrected chi connectivity index (χ1v) is 6.00. The zero-order valence-electron chi connectivity index (χ0n) is 9.28. The van der Waals surface area contributed by atoms with Gasteiger partial charge in [0.15, 0.2) is 22.8 Å². The van der Waals surface area contributed by atoms with E-state index >= 15 is 0 Å². The molecule has 3 aromatic rings. The Bertz CT molecular complexity index is 735. The SMILES string of the molecule is Fc1cc(F)c(Nc2ncnc3[nH]cnc23)c(Br)c1. The van der Waals surface area contributed by atoms with Crippen molar-refractivity contribution in [3.63, 3.8) is 0 Å². The highest BCUT2D eigenvalue weighted by Crippen LogP contribution is 2.30. The summed E-state index contributed by atoms with van der Waals surface area (Å²) in [7, 11) is 0. The van der Waals surface area contributed by atoms with Gasteiger partial charge in [0.05, 0.1) is 12.0 Å². The van der Waals surface area contributed by atoms with Gasteiger partial charge in [0.1, 0.15) is 12.1 Å². The number of H-pyrrole nitrogens is 1. The number of aromatic amines is 1. The van der Waals surface area contributed by atoms with Crippen molar-refractivity contribution in [2.45, 2.75) is 0 Å². The largest absolute Gasteiger partial charge is 0.335 e. The molecule has 2 heterocycles. The van der Waals surface area contributed by atoms with Crippen LogP contribution in [0.3, 0.4) is 0 Å². The van der Waals surface area contributed by atoms with Gasteiger partial charge in [-0.3, -0.25) is 0 Å². The molecule has 0 fully saturated rings. The van der Waals surface area contributed by atoms with E-state index in [2.05, 4.69) is 41.2 Å². The summed E-state index contributed by atoms with van der Waals surface area (Å²) in [5.74, 6) is -1.06. The van der Waals surface area contributed by atoms with Crippen molar-refractivity contribution in [3.05, 3.63) is 40.9 Å². The van der Waals surface area contributed by atoms with E-state index in [1.54, 1.807) is 0 Å². The third kappa shape index (κ3) is 2.14. The fraction of sp³-hybridized carbons (Fsp3) is 0. The molecular formula is C11H6BrF2N5.